The Kier molecular flexibility index (Phi) is 6.94. The highest BCUT2D eigenvalue weighted by Gasteiger charge is 2.27. The van der Waals surface area contributed by atoms with Crippen LogP contribution in [0.3, 0.4) is 0 Å². The van der Waals surface area contributed by atoms with Crippen molar-refractivity contribution in [1.29, 1.82) is 0 Å². The van der Waals surface area contributed by atoms with E-state index in [0.29, 0.717) is 51.5 Å². The maximum absolute atomic E-state index is 12.6. The van der Waals surface area contributed by atoms with Gasteiger partial charge in [0.05, 0.1) is 39.4 Å². The molecule has 2 aromatic rings. The Bertz CT molecular complexity index is 947. The van der Waals surface area contributed by atoms with Crippen LogP contribution in [-0.4, -0.2) is 86.4 Å². The van der Waals surface area contributed by atoms with E-state index in [1.807, 2.05) is 52.3 Å². The van der Waals surface area contributed by atoms with Crippen LogP contribution in [0.5, 0.6) is 0 Å². The summed E-state index contributed by atoms with van der Waals surface area (Å²) in [6.07, 6.45) is 0.452. The molecule has 0 radical (unpaired) electrons. The summed E-state index contributed by atoms with van der Waals surface area (Å²) in [5, 5.41) is 2.13. The average Bonchev–Trinajstić information content (AvgIpc) is 2.83. The number of Topliss-reactive ketones (excluding diaryl/α,β-unsaturated/α-hetero) is 1. The summed E-state index contributed by atoms with van der Waals surface area (Å²) >= 11 is 0. The maximum Gasteiger partial charge on any atom is 0.277 e. The fraction of sp³-hybridized carbons (Fsp3) is 0.458. The lowest BCUT2D eigenvalue weighted by molar-refractivity contribution is -0.896. The zero-order valence-corrected chi connectivity index (χ0v) is 17.8. The summed E-state index contributed by atoms with van der Waals surface area (Å²) in [6.45, 7) is 5.83. The van der Waals surface area contributed by atoms with E-state index < -0.39 is 0 Å². The number of hydrogen-bond acceptors (Lipinski definition) is 4. The molecule has 31 heavy (non-hydrogen) atoms. The molecule has 7 nitrogen and oxygen atoms in total. The fourth-order valence-electron chi connectivity index (χ4n) is 4.27. The zero-order valence-electron chi connectivity index (χ0n) is 17.8. The molecule has 2 aromatic carbocycles. The third kappa shape index (κ3) is 5.48. The highest BCUT2D eigenvalue weighted by Crippen LogP contribution is 2.17. The SMILES string of the molecule is O=C(CCC(=O)N1CC[NH+](CC(=O)N2CCOCC2)CC1)c1ccc2ccccc2c1. The Morgan fingerprint density at radius 1 is 0.806 bits per heavy atom. The summed E-state index contributed by atoms with van der Waals surface area (Å²) in [7, 11) is 0. The molecule has 1 N–H and O–H groups in total. The molecule has 0 atom stereocenters. The smallest absolute Gasteiger partial charge is 0.277 e. The van der Waals surface area contributed by atoms with Gasteiger partial charge in [-0.25, -0.2) is 0 Å². The maximum atomic E-state index is 12.6. The van der Waals surface area contributed by atoms with Crippen molar-refractivity contribution < 1.29 is 24.0 Å². The molecule has 0 aromatic heterocycles. The Morgan fingerprint density at radius 2 is 1.48 bits per heavy atom. The largest absolute Gasteiger partial charge is 0.378 e. The van der Waals surface area contributed by atoms with Gasteiger partial charge in [0, 0.05) is 31.5 Å². The fourth-order valence-corrected chi connectivity index (χ4v) is 4.27. The van der Waals surface area contributed by atoms with Gasteiger partial charge in [0.25, 0.3) is 5.91 Å². The number of piperazine rings is 1. The number of ether oxygens (including phenoxy) is 1. The summed E-state index contributed by atoms with van der Waals surface area (Å²) in [4.78, 5) is 42.5. The molecule has 2 aliphatic heterocycles. The summed E-state index contributed by atoms with van der Waals surface area (Å²) in [5.41, 5.74) is 0.655. The molecule has 0 saturated carbocycles. The van der Waals surface area contributed by atoms with E-state index in [9.17, 15) is 14.4 Å². The molecule has 2 amide bonds. The van der Waals surface area contributed by atoms with Gasteiger partial charge in [0.2, 0.25) is 5.91 Å². The van der Waals surface area contributed by atoms with Crippen LogP contribution in [0.15, 0.2) is 42.5 Å². The topological polar surface area (TPSA) is 71.4 Å². The van der Waals surface area contributed by atoms with E-state index in [1.165, 1.54) is 4.90 Å². The first-order valence-corrected chi connectivity index (χ1v) is 11.1. The number of nitrogens with zero attached hydrogens (tertiary/aromatic N) is 2. The highest BCUT2D eigenvalue weighted by atomic mass is 16.5. The number of benzene rings is 2. The number of rotatable bonds is 6. The monoisotopic (exact) mass is 424 g/mol. The first-order chi connectivity index (χ1) is 15.1. The Morgan fingerprint density at radius 3 is 2.23 bits per heavy atom. The van der Waals surface area contributed by atoms with Crippen LogP contribution in [0.1, 0.15) is 23.2 Å². The van der Waals surface area contributed by atoms with Gasteiger partial charge in [-0.2, -0.15) is 0 Å². The van der Waals surface area contributed by atoms with Crippen molar-refractivity contribution in [1.82, 2.24) is 9.80 Å². The summed E-state index contributed by atoms with van der Waals surface area (Å²) in [6, 6.07) is 13.6. The van der Waals surface area contributed by atoms with Gasteiger partial charge in [-0.3, -0.25) is 14.4 Å². The highest BCUT2D eigenvalue weighted by molar-refractivity contribution is 6.01. The van der Waals surface area contributed by atoms with Crippen molar-refractivity contribution in [2.24, 2.45) is 0 Å². The van der Waals surface area contributed by atoms with Crippen LogP contribution in [0.4, 0.5) is 0 Å². The number of hydrogen-bond donors (Lipinski definition) is 1. The first kappa shape index (κ1) is 21.5. The van der Waals surface area contributed by atoms with Gasteiger partial charge < -0.3 is 19.4 Å². The van der Waals surface area contributed by atoms with Gasteiger partial charge in [-0.15, -0.1) is 0 Å². The molecule has 2 saturated heterocycles. The lowest BCUT2D eigenvalue weighted by atomic mass is 10.0. The predicted molar refractivity (Wildman–Crippen MR) is 117 cm³/mol. The second-order valence-electron chi connectivity index (χ2n) is 8.29. The van der Waals surface area contributed by atoms with Crippen LogP contribution in [-0.2, 0) is 14.3 Å². The van der Waals surface area contributed by atoms with Crippen molar-refractivity contribution in [2.75, 3.05) is 59.0 Å². The van der Waals surface area contributed by atoms with Gasteiger partial charge in [0.15, 0.2) is 12.3 Å². The molecule has 2 fully saturated rings. The number of quaternary nitrogens is 1. The summed E-state index contributed by atoms with van der Waals surface area (Å²) in [5.74, 6) is 0.186. The number of morpholine rings is 1. The van der Waals surface area contributed by atoms with Crippen LogP contribution in [0.2, 0.25) is 0 Å². The van der Waals surface area contributed by atoms with Crippen molar-refractivity contribution in [3.05, 3.63) is 48.0 Å². The number of fused-ring (bicyclic) bond motifs is 1. The van der Waals surface area contributed by atoms with E-state index in [1.54, 1.807) is 0 Å². The number of carbonyl (C=O) groups excluding carboxylic acids is 3. The van der Waals surface area contributed by atoms with E-state index in [4.69, 9.17) is 4.74 Å². The molecule has 0 aliphatic carbocycles. The Balaban J connectivity index is 1.21. The van der Waals surface area contributed by atoms with Crippen molar-refractivity contribution in [3.8, 4) is 0 Å². The molecular weight excluding hydrogens is 394 g/mol. The zero-order chi connectivity index (χ0) is 21.6. The average molecular weight is 425 g/mol. The molecule has 2 heterocycles. The van der Waals surface area contributed by atoms with E-state index in [-0.39, 0.29) is 30.4 Å². The predicted octanol–water partition coefficient (Wildman–Crippen LogP) is 0.389. The standard InChI is InChI=1S/C24H29N3O4/c28-22(21-6-5-19-3-1-2-4-20(19)17-21)7-8-23(29)26-11-9-25(10-12-26)18-24(30)27-13-15-31-16-14-27/h1-6,17H,7-16,18H2/p+1. The Labute approximate surface area is 182 Å². The first-order valence-electron chi connectivity index (χ1n) is 11.1. The van der Waals surface area contributed by atoms with E-state index in [2.05, 4.69) is 0 Å². The molecule has 2 aliphatic rings. The number of amides is 2. The minimum Gasteiger partial charge on any atom is -0.378 e. The minimum atomic E-state index is -0.000489. The van der Waals surface area contributed by atoms with Crippen LogP contribution in [0, 0.1) is 0 Å². The third-order valence-corrected chi connectivity index (χ3v) is 6.23. The number of nitrogens with one attached hydrogen (secondary N) is 1. The summed E-state index contributed by atoms with van der Waals surface area (Å²) < 4.78 is 5.30. The lowest BCUT2D eigenvalue weighted by Gasteiger charge is -2.33. The molecule has 4 rings (SSSR count). The number of ketones is 1. The van der Waals surface area contributed by atoms with Crippen molar-refractivity contribution in [2.45, 2.75) is 12.8 Å². The normalized spacial score (nSPS) is 17.7. The van der Waals surface area contributed by atoms with Crippen molar-refractivity contribution in [3.63, 3.8) is 0 Å². The molecule has 0 spiro atoms. The van der Waals surface area contributed by atoms with Gasteiger partial charge in [-0.1, -0.05) is 36.4 Å². The van der Waals surface area contributed by atoms with Crippen LogP contribution >= 0.6 is 0 Å². The molecule has 164 valence electrons. The second kappa shape index (κ2) is 10.0. The molecule has 7 heteroatoms. The van der Waals surface area contributed by atoms with Crippen LogP contribution in [0.25, 0.3) is 10.8 Å². The van der Waals surface area contributed by atoms with Gasteiger partial charge in [0.1, 0.15) is 0 Å². The van der Waals surface area contributed by atoms with Crippen LogP contribution < -0.4 is 4.90 Å². The van der Waals surface area contributed by atoms with Gasteiger partial charge >= 0.3 is 0 Å². The molecule has 0 unspecified atom stereocenters. The minimum absolute atomic E-state index is 0.000489. The Hall–Kier alpha value is -2.77. The van der Waals surface area contributed by atoms with E-state index >= 15 is 0 Å². The molecular formula is C24H30N3O4+. The van der Waals surface area contributed by atoms with E-state index in [0.717, 1.165) is 23.9 Å². The lowest BCUT2D eigenvalue weighted by Crippen LogP contribution is -3.15. The van der Waals surface area contributed by atoms with Crippen molar-refractivity contribution >= 4 is 28.4 Å². The second-order valence-corrected chi connectivity index (χ2v) is 8.29. The third-order valence-electron chi connectivity index (χ3n) is 6.23. The molecule has 0 bridgehead atoms. The quantitative estimate of drug-likeness (QED) is 0.681. The van der Waals surface area contributed by atoms with Gasteiger partial charge in [-0.05, 0) is 16.8 Å². The number of carbonyl (C=O) groups is 3.